The maximum Gasteiger partial charge on any atom is 0.337 e. The third kappa shape index (κ3) is 2.94. The van der Waals surface area contributed by atoms with Gasteiger partial charge in [-0.1, -0.05) is 19.8 Å². The highest BCUT2D eigenvalue weighted by Gasteiger charge is 2.22. The van der Waals surface area contributed by atoms with Gasteiger partial charge in [0.05, 0.1) is 5.56 Å². The van der Waals surface area contributed by atoms with E-state index in [-0.39, 0.29) is 11.1 Å². The normalized spacial score (nSPS) is 22.8. The van der Waals surface area contributed by atoms with E-state index in [1.54, 1.807) is 18.4 Å². The molecule has 1 N–H and O–H groups in total. The van der Waals surface area contributed by atoms with Gasteiger partial charge in [0.15, 0.2) is 0 Å². The van der Waals surface area contributed by atoms with E-state index in [9.17, 15) is 14.7 Å². The molecule has 1 aromatic rings. The Balaban J connectivity index is 2.34. The van der Waals surface area contributed by atoms with Gasteiger partial charge >= 0.3 is 5.97 Å². The summed E-state index contributed by atoms with van der Waals surface area (Å²) in [5.41, 5.74) is 1.32. The van der Waals surface area contributed by atoms with E-state index >= 15 is 0 Å². The van der Waals surface area contributed by atoms with Crippen molar-refractivity contribution in [3.05, 3.63) is 33.2 Å². The maximum atomic E-state index is 12.2. The van der Waals surface area contributed by atoms with Gasteiger partial charge in [0.25, 0.3) is 5.56 Å². The van der Waals surface area contributed by atoms with Crippen LogP contribution in [0, 0.1) is 25.7 Å². The minimum atomic E-state index is -0.953. The molecule has 0 amide bonds. The number of hydrogen-bond acceptors (Lipinski definition) is 2. The van der Waals surface area contributed by atoms with Crippen LogP contribution in [-0.4, -0.2) is 15.6 Å². The maximum absolute atomic E-state index is 12.2. The van der Waals surface area contributed by atoms with Crippen LogP contribution >= 0.6 is 0 Å². The van der Waals surface area contributed by atoms with Crippen molar-refractivity contribution >= 4 is 5.97 Å². The van der Waals surface area contributed by atoms with E-state index < -0.39 is 5.97 Å². The molecule has 2 unspecified atom stereocenters. The molecule has 110 valence electrons. The number of hydrogen-bond donors (Lipinski definition) is 1. The second kappa shape index (κ2) is 5.81. The van der Waals surface area contributed by atoms with Crippen molar-refractivity contribution in [2.45, 2.75) is 53.0 Å². The van der Waals surface area contributed by atoms with Gasteiger partial charge in [0.2, 0.25) is 0 Å². The average Bonchev–Trinajstić information content (AvgIpc) is 2.33. The monoisotopic (exact) mass is 277 g/mol. The van der Waals surface area contributed by atoms with Crippen LogP contribution < -0.4 is 5.56 Å². The van der Waals surface area contributed by atoms with Crippen LogP contribution in [0.15, 0.2) is 10.9 Å². The molecule has 0 saturated heterocycles. The number of carboxylic acid groups (broad SMARTS) is 1. The number of nitrogens with zero attached hydrogens (tertiary/aromatic N) is 1. The Labute approximate surface area is 119 Å². The van der Waals surface area contributed by atoms with Crippen molar-refractivity contribution in [3.8, 4) is 0 Å². The fraction of sp³-hybridized carbons (Fsp3) is 0.625. The summed E-state index contributed by atoms with van der Waals surface area (Å²) in [5, 5.41) is 9.29. The van der Waals surface area contributed by atoms with Crippen LogP contribution in [0.4, 0.5) is 0 Å². The van der Waals surface area contributed by atoms with Crippen LogP contribution in [0.5, 0.6) is 0 Å². The van der Waals surface area contributed by atoms with Crippen LogP contribution in [-0.2, 0) is 6.54 Å². The summed E-state index contributed by atoms with van der Waals surface area (Å²) in [6.45, 7) is 6.32. The smallest absolute Gasteiger partial charge is 0.337 e. The van der Waals surface area contributed by atoms with Gasteiger partial charge in [-0.25, -0.2) is 4.79 Å². The summed E-state index contributed by atoms with van der Waals surface area (Å²) in [5.74, 6) is 0.236. The number of pyridine rings is 1. The highest BCUT2D eigenvalue weighted by atomic mass is 16.4. The predicted octanol–water partition coefficient (Wildman–Crippen LogP) is 2.99. The third-order valence-electron chi connectivity index (χ3n) is 4.47. The Morgan fingerprint density at radius 3 is 2.70 bits per heavy atom. The van der Waals surface area contributed by atoms with Crippen molar-refractivity contribution in [3.63, 3.8) is 0 Å². The van der Waals surface area contributed by atoms with Crippen LogP contribution in [0.2, 0.25) is 0 Å². The van der Waals surface area contributed by atoms with Gasteiger partial charge in [-0.2, -0.15) is 0 Å². The topological polar surface area (TPSA) is 59.3 Å². The molecule has 4 heteroatoms. The van der Waals surface area contributed by atoms with E-state index in [0.717, 1.165) is 12.8 Å². The predicted molar refractivity (Wildman–Crippen MR) is 78.3 cm³/mol. The van der Waals surface area contributed by atoms with Crippen molar-refractivity contribution in [1.82, 2.24) is 4.57 Å². The molecule has 0 spiro atoms. The number of aromatic carboxylic acids is 1. The lowest BCUT2D eigenvalue weighted by atomic mass is 9.82. The lowest BCUT2D eigenvalue weighted by molar-refractivity contribution is 0.0693. The number of rotatable bonds is 3. The molecule has 2 rings (SSSR count). The van der Waals surface area contributed by atoms with Gasteiger partial charge in [-0.3, -0.25) is 4.79 Å². The van der Waals surface area contributed by atoms with Crippen molar-refractivity contribution in [2.24, 2.45) is 11.8 Å². The van der Waals surface area contributed by atoms with Gasteiger partial charge < -0.3 is 9.67 Å². The van der Waals surface area contributed by atoms with Crippen molar-refractivity contribution in [2.75, 3.05) is 0 Å². The van der Waals surface area contributed by atoms with E-state index in [4.69, 9.17) is 0 Å². The molecule has 2 atom stereocenters. The molecule has 1 aliphatic rings. The highest BCUT2D eigenvalue weighted by Crippen LogP contribution is 2.29. The van der Waals surface area contributed by atoms with Gasteiger partial charge in [-0.05, 0) is 44.1 Å². The first-order chi connectivity index (χ1) is 9.40. The summed E-state index contributed by atoms with van der Waals surface area (Å²) in [6.07, 6.45) is 4.73. The quantitative estimate of drug-likeness (QED) is 0.924. The fourth-order valence-corrected chi connectivity index (χ4v) is 3.45. The highest BCUT2D eigenvalue weighted by molar-refractivity contribution is 5.90. The molecule has 1 fully saturated rings. The molecule has 0 aliphatic heterocycles. The first-order valence-corrected chi connectivity index (χ1v) is 7.34. The van der Waals surface area contributed by atoms with E-state index in [1.807, 2.05) is 0 Å². The summed E-state index contributed by atoms with van der Waals surface area (Å²) in [7, 11) is 0. The molecular weight excluding hydrogens is 254 g/mol. The molecule has 0 radical (unpaired) electrons. The second-order valence-electron chi connectivity index (χ2n) is 6.18. The number of carbonyl (C=O) groups is 1. The Morgan fingerprint density at radius 1 is 1.40 bits per heavy atom. The Hall–Kier alpha value is -1.58. The minimum Gasteiger partial charge on any atom is -0.478 e. The van der Waals surface area contributed by atoms with Crippen molar-refractivity contribution < 1.29 is 9.90 Å². The van der Waals surface area contributed by atoms with Gasteiger partial charge in [0, 0.05) is 18.3 Å². The van der Waals surface area contributed by atoms with Crippen LogP contribution in [0.1, 0.15) is 54.2 Å². The van der Waals surface area contributed by atoms with Gasteiger partial charge in [-0.15, -0.1) is 0 Å². The first kappa shape index (κ1) is 14.8. The Morgan fingerprint density at radius 2 is 2.10 bits per heavy atom. The number of aryl methyl sites for hydroxylation is 1. The minimum absolute atomic E-state index is 0.0803. The number of aromatic nitrogens is 1. The standard InChI is InChI=1S/C16H23NO3/c1-10-5-4-6-13(7-10)9-17-12(3)15(16(19)20)11(2)8-14(17)18/h8,10,13H,4-7,9H2,1-3H3,(H,19,20). The molecule has 1 heterocycles. The summed E-state index contributed by atoms with van der Waals surface area (Å²) >= 11 is 0. The summed E-state index contributed by atoms with van der Waals surface area (Å²) in [6, 6.07) is 1.45. The SMILES string of the molecule is Cc1cc(=O)n(CC2CCCC(C)C2)c(C)c1C(=O)O. The van der Waals surface area contributed by atoms with E-state index in [1.165, 1.54) is 18.9 Å². The fourth-order valence-electron chi connectivity index (χ4n) is 3.45. The molecule has 1 aromatic heterocycles. The number of carboxylic acids is 1. The summed E-state index contributed by atoms with van der Waals surface area (Å²) < 4.78 is 1.65. The average molecular weight is 277 g/mol. The zero-order valence-electron chi connectivity index (χ0n) is 12.5. The third-order valence-corrected chi connectivity index (χ3v) is 4.47. The molecule has 0 aromatic carbocycles. The Bertz CT molecular complexity index is 574. The zero-order chi connectivity index (χ0) is 14.9. The molecule has 1 saturated carbocycles. The van der Waals surface area contributed by atoms with Gasteiger partial charge in [0.1, 0.15) is 0 Å². The molecule has 0 bridgehead atoms. The first-order valence-electron chi connectivity index (χ1n) is 7.34. The van der Waals surface area contributed by atoms with E-state index in [2.05, 4.69) is 6.92 Å². The molecular formula is C16H23NO3. The largest absolute Gasteiger partial charge is 0.478 e. The zero-order valence-corrected chi connectivity index (χ0v) is 12.5. The van der Waals surface area contributed by atoms with E-state index in [0.29, 0.717) is 29.6 Å². The molecule has 20 heavy (non-hydrogen) atoms. The molecule has 1 aliphatic carbocycles. The van der Waals surface area contributed by atoms with Crippen molar-refractivity contribution in [1.29, 1.82) is 0 Å². The lowest BCUT2D eigenvalue weighted by Gasteiger charge is -2.28. The lowest BCUT2D eigenvalue weighted by Crippen LogP contribution is -2.30. The van der Waals surface area contributed by atoms with Crippen LogP contribution in [0.25, 0.3) is 0 Å². The summed E-state index contributed by atoms with van der Waals surface area (Å²) in [4.78, 5) is 23.5. The Kier molecular flexibility index (Phi) is 4.31. The molecule has 4 nitrogen and oxygen atoms in total. The van der Waals surface area contributed by atoms with Crippen LogP contribution in [0.3, 0.4) is 0 Å². The second-order valence-corrected chi connectivity index (χ2v) is 6.18.